The number of nitrogens with zero attached hydrogens (tertiary/aromatic N) is 1. The van der Waals surface area contributed by atoms with Gasteiger partial charge in [-0.2, -0.15) is 0 Å². The zero-order valence-electron chi connectivity index (χ0n) is 16.1. The first-order valence-electron chi connectivity index (χ1n) is 9.50. The molecule has 2 N–H and O–H groups in total. The van der Waals surface area contributed by atoms with Gasteiger partial charge in [-0.1, -0.05) is 48.0 Å². The second-order valence-corrected chi connectivity index (χ2v) is 7.28. The number of aromatic hydroxyl groups is 2. The second kappa shape index (κ2) is 8.76. The summed E-state index contributed by atoms with van der Waals surface area (Å²) < 4.78 is 0. The summed E-state index contributed by atoms with van der Waals surface area (Å²) in [6, 6.07) is 30.0. The molecule has 0 atom stereocenters. The second-order valence-electron chi connectivity index (χ2n) is 6.84. The first-order valence-corrected chi connectivity index (χ1v) is 9.88. The third-order valence-electron chi connectivity index (χ3n) is 4.71. The highest BCUT2D eigenvalue weighted by Crippen LogP contribution is 2.36. The predicted molar refractivity (Wildman–Crippen MR) is 125 cm³/mol. The summed E-state index contributed by atoms with van der Waals surface area (Å²) >= 11 is 5.94. The topological polar surface area (TPSA) is 43.7 Å². The molecule has 4 rings (SSSR count). The summed E-state index contributed by atoms with van der Waals surface area (Å²) in [5, 5.41) is 20.0. The van der Waals surface area contributed by atoms with Crippen LogP contribution in [-0.2, 0) is 0 Å². The van der Waals surface area contributed by atoms with Crippen LogP contribution in [0.1, 0.15) is 11.1 Å². The van der Waals surface area contributed by atoms with Crippen LogP contribution in [-0.4, -0.2) is 10.2 Å². The average molecular weight is 414 g/mol. The van der Waals surface area contributed by atoms with Crippen LogP contribution in [0.3, 0.4) is 0 Å². The van der Waals surface area contributed by atoms with Crippen molar-refractivity contribution in [2.75, 3.05) is 4.90 Å². The highest BCUT2D eigenvalue weighted by molar-refractivity contribution is 6.30. The van der Waals surface area contributed by atoms with Crippen molar-refractivity contribution in [1.82, 2.24) is 0 Å². The summed E-state index contributed by atoms with van der Waals surface area (Å²) in [4.78, 5) is 2.06. The Bertz CT molecular complexity index is 1090. The summed E-state index contributed by atoms with van der Waals surface area (Å²) in [7, 11) is 0. The van der Waals surface area contributed by atoms with Crippen LogP contribution >= 0.6 is 11.6 Å². The van der Waals surface area contributed by atoms with E-state index in [0.717, 1.165) is 33.2 Å². The maximum absolute atomic E-state index is 9.65. The Kier molecular flexibility index (Phi) is 5.73. The number of rotatable bonds is 5. The largest absolute Gasteiger partial charge is 0.508 e. The number of hydrogen-bond donors (Lipinski definition) is 2. The molecule has 0 aliphatic heterocycles. The van der Waals surface area contributed by atoms with Gasteiger partial charge in [0, 0.05) is 22.1 Å². The standard InChI is InChI=1S/C26H20ClNO2/c27-21-7-3-19(4-8-21)1-2-20-5-9-22(10-6-20)28(23-11-15-25(29)16-12-23)24-13-17-26(30)18-14-24/h1-18,29-30H/b2-1+. The maximum atomic E-state index is 9.65. The molecule has 0 fully saturated rings. The number of phenolic OH excluding ortho intramolecular Hbond substituents is 2. The number of anilines is 3. The zero-order valence-corrected chi connectivity index (χ0v) is 16.9. The third-order valence-corrected chi connectivity index (χ3v) is 4.96. The number of halogens is 1. The van der Waals surface area contributed by atoms with E-state index in [-0.39, 0.29) is 11.5 Å². The van der Waals surface area contributed by atoms with Crippen LogP contribution in [0, 0.1) is 0 Å². The lowest BCUT2D eigenvalue weighted by atomic mass is 10.1. The van der Waals surface area contributed by atoms with Crippen molar-refractivity contribution < 1.29 is 10.2 Å². The van der Waals surface area contributed by atoms with Crippen LogP contribution in [0.4, 0.5) is 17.1 Å². The summed E-state index contributed by atoms with van der Waals surface area (Å²) in [6.45, 7) is 0. The van der Waals surface area contributed by atoms with Crippen molar-refractivity contribution in [1.29, 1.82) is 0 Å². The minimum Gasteiger partial charge on any atom is -0.508 e. The Labute approximate surface area is 180 Å². The Morgan fingerprint density at radius 1 is 0.500 bits per heavy atom. The smallest absolute Gasteiger partial charge is 0.115 e. The van der Waals surface area contributed by atoms with Gasteiger partial charge in [0.25, 0.3) is 0 Å². The highest BCUT2D eigenvalue weighted by Gasteiger charge is 2.12. The molecule has 4 heteroatoms. The van der Waals surface area contributed by atoms with E-state index < -0.39 is 0 Å². The maximum Gasteiger partial charge on any atom is 0.115 e. The van der Waals surface area contributed by atoms with Gasteiger partial charge in [-0.15, -0.1) is 0 Å². The number of hydrogen-bond acceptors (Lipinski definition) is 3. The van der Waals surface area contributed by atoms with Crippen LogP contribution < -0.4 is 4.90 Å². The fourth-order valence-electron chi connectivity index (χ4n) is 3.15. The molecule has 0 aliphatic rings. The van der Waals surface area contributed by atoms with Gasteiger partial charge in [0.2, 0.25) is 0 Å². The minimum absolute atomic E-state index is 0.215. The van der Waals surface area contributed by atoms with Crippen LogP contribution in [0.2, 0.25) is 5.02 Å². The molecule has 0 saturated heterocycles. The molecule has 148 valence electrons. The van der Waals surface area contributed by atoms with Gasteiger partial charge < -0.3 is 15.1 Å². The molecule has 0 saturated carbocycles. The fourth-order valence-corrected chi connectivity index (χ4v) is 3.28. The fraction of sp³-hybridized carbons (Fsp3) is 0. The van der Waals surface area contributed by atoms with Gasteiger partial charge in [-0.05, 0) is 83.9 Å². The molecular formula is C26H20ClNO2. The molecule has 4 aromatic rings. The Morgan fingerprint density at radius 3 is 1.23 bits per heavy atom. The molecule has 0 heterocycles. The molecule has 0 aromatic heterocycles. The van der Waals surface area contributed by atoms with Crippen LogP contribution in [0.15, 0.2) is 97.1 Å². The van der Waals surface area contributed by atoms with Crippen molar-refractivity contribution >= 4 is 40.8 Å². The van der Waals surface area contributed by atoms with Crippen molar-refractivity contribution in [3.63, 3.8) is 0 Å². The lowest BCUT2D eigenvalue weighted by Gasteiger charge is -2.25. The Hall–Kier alpha value is -3.69. The molecule has 0 unspecified atom stereocenters. The van der Waals surface area contributed by atoms with Crippen LogP contribution in [0.25, 0.3) is 12.2 Å². The number of benzene rings is 4. The van der Waals surface area contributed by atoms with Crippen LogP contribution in [0.5, 0.6) is 11.5 Å². The van der Waals surface area contributed by atoms with E-state index in [2.05, 4.69) is 23.1 Å². The van der Waals surface area contributed by atoms with Gasteiger partial charge in [-0.25, -0.2) is 0 Å². The average Bonchev–Trinajstić information content (AvgIpc) is 2.77. The summed E-state index contributed by atoms with van der Waals surface area (Å²) in [5.74, 6) is 0.430. The summed E-state index contributed by atoms with van der Waals surface area (Å²) in [6.07, 6.45) is 4.10. The lowest BCUT2D eigenvalue weighted by Crippen LogP contribution is -2.09. The van der Waals surface area contributed by atoms with E-state index in [4.69, 9.17) is 11.6 Å². The molecule has 4 aromatic carbocycles. The molecule has 0 aliphatic carbocycles. The van der Waals surface area contributed by atoms with Crippen molar-refractivity contribution in [3.8, 4) is 11.5 Å². The van der Waals surface area contributed by atoms with Gasteiger partial charge >= 0.3 is 0 Å². The van der Waals surface area contributed by atoms with E-state index in [1.54, 1.807) is 24.3 Å². The van der Waals surface area contributed by atoms with E-state index in [0.29, 0.717) is 0 Å². The van der Waals surface area contributed by atoms with E-state index in [1.165, 1.54) is 0 Å². The molecule has 30 heavy (non-hydrogen) atoms. The van der Waals surface area contributed by atoms with Gasteiger partial charge in [0.15, 0.2) is 0 Å². The molecule has 0 amide bonds. The molecule has 0 radical (unpaired) electrons. The van der Waals surface area contributed by atoms with E-state index in [1.807, 2.05) is 66.7 Å². The quantitative estimate of drug-likeness (QED) is 0.335. The minimum atomic E-state index is 0.215. The zero-order chi connectivity index (χ0) is 20.9. The molecular weight excluding hydrogens is 394 g/mol. The Balaban J connectivity index is 1.64. The normalized spacial score (nSPS) is 11.0. The molecule has 0 bridgehead atoms. The van der Waals surface area contributed by atoms with Gasteiger partial charge in [0.05, 0.1) is 0 Å². The molecule has 0 spiro atoms. The highest BCUT2D eigenvalue weighted by atomic mass is 35.5. The van der Waals surface area contributed by atoms with Crippen molar-refractivity contribution in [2.24, 2.45) is 0 Å². The van der Waals surface area contributed by atoms with Crippen molar-refractivity contribution in [3.05, 3.63) is 113 Å². The third kappa shape index (κ3) is 4.65. The Morgan fingerprint density at radius 2 is 0.833 bits per heavy atom. The molecule has 3 nitrogen and oxygen atoms in total. The predicted octanol–water partition coefficient (Wildman–Crippen LogP) is 7.39. The van der Waals surface area contributed by atoms with E-state index >= 15 is 0 Å². The summed E-state index contributed by atoms with van der Waals surface area (Å²) in [5.41, 5.74) is 4.93. The first-order chi connectivity index (χ1) is 14.6. The first kappa shape index (κ1) is 19.6. The SMILES string of the molecule is Oc1ccc(N(c2ccc(O)cc2)c2ccc(/C=C/c3ccc(Cl)cc3)cc2)cc1. The number of phenols is 2. The monoisotopic (exact) mass is 413 g/mol. The van der Waals surface area contributed by atoms with Gasteiger partial charge in [0.1, 0.15) is 11.5 Å². The van der Waals surface area contributed by atoms with E-state index in [9.17, 15) is 10.2 Å². The van der Waals surface area contributed by atoms with Gasteiger partial charge in [-0.3, -0.25) is 0 Å². The van der Waals surface area contributed by atoms with Crippen molar-refractivity contribution in [2.45, 2.75) is 0 Å². The lowest BCUT2D eigenvalue weighted by molar-refractivity contribution is 0.475.